The SMILES string of the molecule is O=Cc1nc(CCCCN2CCc3ccccc3C2)ccc1O. The standard InChI is InChI=1S/C19H22N2O2/c22-14-18-19(23)9-8-17(20-18)7-3-4-11-21-12-10-15-5-1-2-6-16(15)13-21/h1-2,5-6,8-9,14,23H,3-4,7,10-13H2. The summed E-state index contributed by atoms with van der Waals surface area (Å²) in [5.74, 6) is -0.0456. The molecule has 120 valence electrons. The van der Waals surface area contributed by atoms with Gasteiger partial charge in [0, 0.05) is 18.8 Å². The molecule has 1 N–H and O–H groups in total. The Bertz CT molecular complexity index is 685. The molecule has 0 unspecified atom stereocenters. The number of aromatic hydroxyl groups is 1. The van der Waals surface area contributed by atoms with Gasteiger partial charge in [0.1, 0.15) is 11.4 Å². The second kappa shape index (κ2) is 7.38. The number of unbranched alkanes of at least 4 members (excludes halogenated alkanes) is 1. The van der Waals surface area contributed by atoms with E-state index in [9.17, 15) is 9.90 Å². The Morgan fingerprint density at radius 3 is 2.78 bits per heavy atom. The first kappa shape index (κ1) is 15.7. The third kappa shape index (κ3) is 3.96. The van der Waals surface area contributed by atoms with Gasteiger partial charge in [0.15, 0.2) is 6.29 Å². The average Bonchev–Trinajstić information content (AvgIpc) is 2.60. The maximum atomic E-state index is 10.8. The van der Waals surface area contributed by atoms with Gasteiger partial charge in [-0.2, -0.15) is 0 Å². The number of rotatable bonds is 6. The number of benzene rings is 1. The molecule has 23 heavy (non-hydrogen) atoms. The molecule has 1 aromatic carbocycles. The Morgan fingerprint density at radius 2 is 1.96 bits per heavy atom. The first-order valence-corrected chi connectivity index (χ1v) is 8.19. The van der Waals surface area contributed by atoms with Crippen LogP contribution in [-0.2, 0) is 19.4 Å². The zero-order chi connectivity index (χ0) is 16.1. The van der Waals surface area contributed by atoms with E-state index >= 15 is 0 Å². The van der Waals surface area contributed by atoms with Crippen molar-refractivity contribution in [3.05, 3.63) is 58.9 Å². The van der Waals surface area contributed by atoms with Gasteiger partial charge in [0.2, 0.25) is 0 Å². The van der Waals surface area contributed by atoms with Gasteiger partial charge in [-0.1, -0.05) is 24.3 Å². The molecule has 0 bridgehead atoms. The molecule has 4 nitrogen and oxygen atoms in total. The van der Waals surface area contributed by atoms with Crippen LogP contribution in [0.4, 0.5) is 0 Å². The molecule has 3 rings (SSSR count). The zero-order valence-electron chi connectivity index (χ0n) is 13.2. The first-order valence-electron chi connectivity index (χ1n) is 8.19. The van der Waals surface area contributed by atoms with E-state index in [-0.39, 0.29) is 11.4 Å². The lowest BCUT2D eigenvalue weighted by Crippen LogP contribution is -2.31. The Kier molecular flexibility index (Phi) is 5.03. The molecule has 0 aliphatic carbocycles. The molecule has 1 aliphatic rings. The molecule has 2 heterocycles. The minimum Gasteiger partial charge on any atom is -0.506 e. The molecule has 2 aromatic rings. The molecule has 0 saturated heterocycles. The average molecular weight is 310 g/mol. The van der Waals surface area contributed by atoms with Crippen LogP contribution >= 0.6 is 0 Å². The summed E-state index contributed by atoms with van der Waals surface area (Å²) >= 11 is 0. The smallest absolute Gasteiger partial charge is 0.172 e. The van der Waals surface area contributed by atoms with Crippen molar-refractivity contribution in [2.75, 3.05) is 13.1 Å². The van der Waals surface area contributed by atoms with Gasteiger partial charge in [0.25, 0.3) is 0 Å². The Labute approximate surface area is 136 Å². The molecule has 4 heteroatoms. The molecular formula is C19H22N2O2. The highest BCUT2D eigenvalue weighted by Gasteiger charge is 2.14. The van der Waals surface area contributed by atoms with Crippen LogP contribution in [0.15, 0.2) is 36.4 Å². The van der Waals surface area contributed by atoms with Crippen LogP contribution in [-0.4, -0.2) is 34.4 Å². The molecule has 1 aliphatic heterocycles. The van der Waals surface area contributed by atoms with Crippen LogP contribution in [0, 0.1) is 0 Å². The Morgan fingerprint density at radius 1 is 1.13 bits per heavy atom. The van der Waals surface area contributed by atoms with Crippen LogP contribution in [0.3, 0.4) is 0 Å². The highest BCUT2D eigenvalue weighted by molar-refractivity contribution is 5.75. The van der Waals surface area contributed by atoms with Crippen molar-refractivity contribution in [1.82, 2.24) is 9.88 Å². The number of hydrogen-bond donors (Lipinski definition) is 1. The largest absolute Gasteiger partial charge is 0.506 e. The summed E-state index contributed by atoms with van der Waals surface area (Å²) in [5.41, 5.74) is 3.94. The van der Waals surface area contributed by atoms with Gasteiger partial charge in [-0.15, -0.1) is 0 Å². The van der Waals surface area contributed by atoms with E-state index in [2.05, 4.69) is 34.1 Å². The van der Waals surface area contributed by atoms with Crippen molar-refractivity contribution < 1.29 is 9.90 Å². The highest BCUT2D eigenvalue weighted by atomic mass is 16.3. The van der Waals surface area contributed by atoms with Crippen molar-refractivity contribution in [3.63, 3.8) is 0 Å². The van der Waals surface area contributed by atoms with Gasteiger partial charge in [0.05, 0.1) is 0 Å². The van der Waals surface area contributed by atoms with E-state index in [0.29, 0.717) is 6.29 Å². The fraction of sp³-hybridized carbons (Fsp3) is 0.368. The lowest BCUT2D eigenvalue weighted by molar-refractivity contribution is 0.111. The summed E-state index contributed by atoms with van der Waals surface area (Å²) in [4.78, 5) is 17.5. The van der Waals surface area contributed by atoms with Gasteiger partial charge >= 0.3 is 0 Å². The van der Waals surface area contributed by atoms with E-state index < -0.39 is 0 Å². The van der Waals surface area contributed by atoms with Crippen molar-refractivity contribution in [3.8, 4) is 5.75 Å². The second-order valence-corrected chi connectivity index (χ2v) is 6.08. The topological polar surface area (TPSA) is 53.4 Å². The van der Waals surface area contributed by atoms with Crippen molar-refractivity contribution in [2.45, 2.75) is 32.2 Å². The molecule has 0 spiro atoms. The molecule has 0 fully saturated rings. The first-order chi connectivity index (χ1) is 11.3. The number of carbonyl (C=O) groups excluding carboxylic acids is 1. The molecule has 0 amide bonds. The number of carbonyl (C=O) groups is 1. The number of pyridine rings is 1. The minimum atomic E-state index is -0.0456. The van der Waals surface area contributed by atoms with E-state index in [4.69, 9.17) is 0 Å². The van der Waals surface area contributed by atoms with Gasteiger partial charge in [-0.25, -0.2) is 4.98 Å². The summed E-state index contributed by atoms with van der Waals surface area (Å²) in [6.07, 6.45) is 4.73. The number of aryl methyl sites for hydroxylation is 1. The highest BCUT2D eigenvalue weighted by Crippen LogP contribution is 2.19. The van der Waals surface area contributed by atoms with Crippen LogP contribution < -0.4 is 0 Å². The second-order valence-electron chi connectivity index (χ2n) is 6.08. The summed E-state index contributed by atoms with van der Waals surface area (Å²) < 4.78 is 0. The van der Waals surface area contributed by atoms with Gasteiger partial charge < -0.3 is 5.11 Å². The number of hydrogen-bond acceptors (Lipinski definition) is 4. The van der Waals surface area contributed by atoms with Gasteiger partial charge in [-0.3, -0.25) is 9.69 Å². The van der Waals surface area contributed by atoms with Crippen LogP contribution in [0.25, 0.3) is 0 Å². The van der Waals surface area contributed by atoms with E-state index in [0.717, 1.165) is 51.0 Å². The van der Waals surface area contributed by atoms with Crippen LogP contribution in [0.2, 0.25) is 0 Å². The normalized spacial score (nSPS) is 14.4. The Balaban J connectivity index is 1.45. The van der Waals surface area contributed by atoms with Gasteiger partial charge in [-0.05, 0) is 55.5 Å². The monoisotopic (exact) mass is 310 g/mol. The number of aldehydes is 1. The molecular weight excluding hydrogens is 288 g/mol. The third-order valence-corrected chi connectivity index (χ3v) is 4.44. The number of nitrogens with zero attached hydrogens (tertiary/aromatic N) is 2. The predicted octanol–water partition coefficient (Wildman–Crippen LogP) is 2.98. The lowest BCUT2D eigenvalue weighted by atomic mass is 10.00. The number of aromatic nitrogens is 1. The van der Waals surface area contributed by atoms with Crippen molar-refractivity contribution in [2.24, 2.45) is 0 Å². The molecule has 0 radical (unpaired) electrons. The third-order valence-electron chi connectivity index (χ3n) is 4.44. The molecule has 0 atom stereocenters. The molecule has 0 saturated carbocycles. The summed E-state index contributed by atoms with van der Waals surface area (Å²) in [6, 6.07) is 12.0. The van der Waals surface area contributed by atoms with Crippen molar-refractivity contribution >= 4 is 6.29 Å². The van der Waals surface area contributed by atoms with Crippen molar-refractivity contribution in [1.29, 1.82) is 0 Å². The fourth-order valence-corrected chi connectivity index (χ4v) is 3.12. The minimum absolute atomic E-state index is 0.0456. The number of fused-ring (bicyclic) bond motifs is 1. The van der Waals surface area contributed by atoms with Crippen LogP contribution in [0.1, 0.15) is 40.2 Å². The maximum Gasteiger partial charge on any atom is 0.172 e. The lowest BCUT2D eigenvalue weighted by Gasteiger charge is -2.28. The van der Waals surface area contributed by atoms with E-state index in [1.807, 2.05) is 0 Å². The summed E-state index contributed by atoms with van der Waals surface area (Å²) in [5, 5.41) is 9.46. The van der Waals surface area contributed by atoms with E-state index in [1.54, 1.807) is 12.1 Å². The maximum absolute atomic E-state index is 10.8. The summed E-state index contributed by atoms with van der Waals surface area (Å²) in [6.45, 7) is 3.26. The fourth-order valence-electron chi connectivity index (χ4n) is 3.12. The van der Waals surface area contributed by atoms with E-state index in [1.165, 1.54) is 11.1 Å². The Hall–Kier alpha value is -2.20. The quantitative estimate of drug-likeness (QED) is 0.658. The summed E-state index contributed by atoms with van der Waals surface area (Å²) in [7, 11) is 0. The predicted molar refractivity (Wildman–Crippen MR) is 89.7 cm³/mol. The molecule has 1 aromatic heterocycles. The van der Waals surface area contributed by atoms with Crippen LogP contribution in [0.5, 0.6) is 5.75 Å². The zero-order valence-corrected chi connectivity index (χ0v) is 13.2.